The molecule has 0 radical (unpaired) electrons. The summed E-state index contributed by atoms with van der Waals surface area (Å²) in [5.74, 6) is -0.0747. The quantitative estimate of drug-likeness (QED) is 0.422. The summed E-state index contributed by atoms with van der Waals surface area (Å²) in [5.41, 5.74) is 1.49. The van der Waals surface area contributed by atoms with Crippen molar-refractivity contribution in [1.29, 1.82) is 0 Å². The Bertz CT molecular complexity index is 902. The average molecular weight is 414 g/mol. The van der Waals surface area contributed by atoms with Gasteiger partial charge in [-0.25, -0.2) is 13.4 Å². The summed E-state index contributed by atoms with van der Waals surface area (Å²) in [6.07, 6.45) is 3.91. The molecule has 0 aromatic carbocycles. The van der Waals surface area contributed by atoms with Crippen molar-refractivity contribution in [3.63, 3.8) is 0 Å². The van der Waals surface area contributed by atoms with E-state index in [4.69, 9.17) is 16.3 Å². The van der Waals surface area contributed by atoms with E-state index in [1.165, 1.54) is 0 Å². The van der Waals surface area contributed by atoms with Gasteiger partial charge in [-0.05, 0) is 30.9 Å². The van der Waals surface area contributed by atoms with E-state index in [1.54, 1.807) is 12.3 Å². The van der Waals surface area contributed by atoms with Gasteiger partial charge < -0.3 is 9.64 Å². The molecule has 4 atom stereocenters. The molecule has 8 nitrogen and oxygen atoms in total. The minimum atomic E-state index is -3.46. The van der Waals surface area contributed by atoms with E-state index in [1.807, 2.05) is 11.0 Å². The highest BCUT2D eigenvalue weighted by Gasteiger charge is 2.56. The Balaban J connectivity index is 1.76. The third-order valence-electron chi connectivity index (χ3n) is 5.62. The maximum Gasteiger partial charge on any atom is 0.295 e. The van der Waals surface area contributed by atoms with Gasteiger partial charge in [0.2, 0.25) is 0 Å². The molecule has 0 saturated carbocycles. The van der Waals surface area contributed by atoms with E-state index in [9.17, 15) is 18.5 Å². The lowest BCUT2D eigenvalue weighted by Gasteiger charge is -2.42. The van der Waals surface area contributed by atoms with Crippen molar-refractivity contribution in [2.75, 3.05) is 12.8 Å². The molecule has 0 spiro atoms. The molecule has 3 aliphatic heterocycles. The molecule has 0 amide bonds. The Kier molecular flexibility index (Phi) is 4.64. The van der Waals surface area contributed by atoms with Gasteiger partial charge in [0.1, 0.15) is 16.6 Å². The second-order valence-corrected chi connectivity index (χ2v) is 10.0. The largest absolute Gasteiger partial charge is 0.344 e. The van der Waals surface area contributed by atoms with Gasteiger partial charge in [0, 0.05) is 31.3 Å². The van der Waals surface area contributed by atoms with Crippen LogP contribution in [0.3, 0.4) is 0 Å². The zero-order chi connectivity index (χ0) is 19.3. The fraction of sp³-hybridized carbons (Fsp3) is 0.588. The van der Waals surface area contributed by atoms with Crippen LogP contribution in [0.2, 0.25) is 5.15 Å². The molecule has 146 valence electrons. The number of allylic oxidation sites excluding steroid dienone is 1. The maximum atomic E-state index is 12.2. The second-order valence-electron chi connectivity index (χ2n) is 7.37. The lowest BCUT2D eigenvalue weighted by atomic mass is 9.86. The molecule has 2 bridgehead atoms. The highest BCUT2D eigenvalue weighted by atomic mass is 35.5. The third-order valence-corrected chi connectivity index (χ3v) is 7.38. The number of fused-ring (bicyclic) bond motifs is 4. The Hall–Kier alpha value is -1.71. The first-order valence-corrected chi connectivity index (χ1v) is 11.2. The van der Waals surface area contributed by atoms with E-state index in [-0.39, 0.29) is 18.0 Å². The number of nitro groups is 1. The number of hydrogen-bond acceptors (Lipinski definition) is 7. The number of pyridine rings is 1. The third kappa shape index (κ3) is 3.32. The first-order valence-electron chi connectivity index (χ1n) is 8.85. The summed E-state index contributed by atoms with van der Waals surface area (Å²) in [6, 6.07) is 3.57. The predicted molar refractivity (Wildman–Crippen MR) is 98.3 cm³/mol. The van der Waals surface area contributed by atoms with Gasteiger partial charge in [0.15, 0.2) is 15.9 Å². The Morgan fingerprint density at radius 3 is 2.85 bits per heavy atom. The monoisotopic (exact) mass is 413 g/mol. The number of aromatic nitrogens is 1. The lowest BCUT2D eigenvalue weighted by Crippen LogP contribution is -2.47. The molecule has 2 fully saturated rings. The molecule has 4 unspecified atom stereocenters. The van der Waals surface area contributed by atoms with E-state index < -0.39 is 32.3 Å². The van der Waals surface area contributed by atoms with Crippen molar-refractivity contribution in [2.45, 2.75) is 43.3 Å². The zero-order valence-corrected chi connectivity index (χ0v) is 16.3. The van der Waals surface area contributed by atoms with Crippen molar-refractivity contribution < 1.29 is 18.1 Å². The van der Waals surface area contributed by atoms with Crippen LogP contribution in [0.15, 0.2) is 29.7 Å². The molecule has 2 saturated heterocycles. The zero-order valence-electron chi connectivity index (χ0n) is 14.7. The number of piperidine rings is 1. The van der Waals surface area contributed by atoms with Crippen molar-refractivity contribution in [3.8, 4) is 0 Å². The number of ether oxygens (including phenoxy) is 1. The SMILES string of the molecule is CS(=O)(=O)C1CC2OC1C([N+](=O)[O-])=C1C(Cc3ccc(Cl)nc3)CCCN12. The highest BCUT2D eigenvalue weighted by Crippen LogP contribution is 2.45. The van der Waals surface area contributed by atoms with Crippen LogP contribution < -0.4 is 0 Å². The number of nitrogens with zero attached hydrogens (tertiary/aromatic N) is 3. The van der Waals surface area contributed by atoms with Gasteiger partial charge >= 0.3 is 0 Å². The standard InChI is InChI=1S/C17H20ClN3O5S/c1-27(24,25)12-8-14-20-6-2-3-11(7-10-4-5-13(18)19-9-10)15(20)16(21(22)23)17(12)26-14/h4-5,9,11-12,14,17H,2-3,6-8H2,1H3. The van der Waals surface area contributed by atoms with Crippen LogP contribution in [-0.4, -0.2) is 53.6 Å². The maximum absolute atomic E-state index is 12.2. The van der Waals surface area contributed by atoms with Crippen molar-refractivity contribution >= 4 is 21.4 Å². The molecule has 27 heavy (non-hydrogen) atoms. The van der Waals surface area contributed by atoms with Crippen LogP contribution in [0.25, 0.3) is 0 Å². The van der Waals surface area contributed by atoms with E-state index in [0.29, 0.717) is 23.8 Å². The van der Waals surface area contributed by atoms with Crippen LogP contribution >= 0.6 is 11.6 Å². The summed E-state index contributed by atoms with van der Waals surface area (Å²) in [6.45, 7) is 0.635. The van der Waals surface area contributed by atoms with Crippen molar-refractivity contribution in [1.82, 2.24) is 9.88 Å². The molecule has 4 rings (SSSR count). The van der Waals surface area contributed by atoms with Gasteiger partial charge in [-0.2, -0.15) is 0 Å². The fourth-order valence-electron chi connectivity index (χ4n) is 4.48. The van der Waals surface area contributed by atoms with Gasteiger partial charge in [-0.3, -0.25) is 10.1 Å². The van der Waals surface area contributed by atoms with Gasteiger partial charge in [0.25, 0.3) is 5.70 Å². The fourth-order valence-corrected chi connectivity index (χ4v) is 5.75. The van der Waals surface area contributed by atoms with Crippen LogP contribution in [0.4, 0.5) is 0 Å². The summed E-state index contributed by atoms with van der Waals surface area (Å²) in [5, 5.41) is 11.5. The summed E-state index contributed by atoms with van der Waals surface area (Å²) < 4.78 is 30.2. The molecule has 1 aromatic heterocycles. The minimum Gasteiger partial charge on any atom is -0.344 e. The van der Waals surface area contributed by atoms with Crippen LogP contribution in [-0.2, 0) is 21.0 Å². The van der Waals surface area contributed by atoms with Crippen LogP contribution in [0.5, 0.6) is 0 Å². The number of rotatable bonds is 4. The molecule has 1 aromatic rings. The minimum absolute atomic E-state index is 0.0747. The van der Waals surface area contributed by atoms with Gasteiger partial charge in [-0.15, -0.1) is 0 Å². The highest BCUT2D eigenvalue weighted by molar-refractivity contribution is 7.91. The average Bonchev–Trinajstić information content (AvgIpc) is 2.97. The molecule has 0 N–H and O–H groups in total. The van der Waals surface area contributed by atoms with E-state index in [2.05, 4.69) is 4.98 Å². The normalized spacial score (nSPS) is 30.4. The Morgan fingerprint density at radius 2 is 2.22 bits per heavy atom. The van der Waals surface area contributed by atoms with Crippen LogP contribution in [0.1, 0.15) is 24.8 Å². The Morgan fingerprint density at radius 1 is 1.44 bits per heavy atom. The van der Waals surface area contributed by atoms with Crippen LogP contribution in [0, 0.1) is 16.0 Å². The molecule has 10 heteroatoms. The van der Waals surface area contributed by atoms with Crippen molar-refractivity contribution in [2.24, 2.45) is 5.92 Å². The topological polar surface area (TPSA) is 103 Å². The van der Waals surface area contributed by atoms with E-state index >= 15 is 0 Å². The first-order chi connectivity index (χ1) is 12.8. The summed E-state index contributed by atoms with van der Waals surface area (Å²) >= 11 is 5.84. The lowest BCUT2D eigenvalue weighted by molar-refractivity contribution is -0.443. The molecule has 3 aliphatic rings. The smallest absolute Gasteiger partial charge is 0.295 e. The van der Waals surface area contributed by atoms with Gasteiger partial charge in [0.05, 0.1) is 10.6 Å². The summed E-state index contributed by atoms with van der Waals surface area (Å²) in [7, 11) is -3.46. The predicted octanol–water partition coefficient (Wildman–Crippen LogP) is 2.02. The first kappa shape index (κ1) is 18.6. The molecular formula is C17H20ClN3O5S. The Labute approximate surface area is 162 Å². The van der Waals surface area contributed by atoms with Gasteiger partial charge in [-0.1, -0.05) is 17.7 Å². The second kappa shape index (κ2) is 6.72. The summed E-state index contributed by atoms with van der Waals surface area (Å²) in [4.78, 5) is 17.5. The number of sulfone groups is 1. The molecule has 4 heterocycles. The molecule has 0 aliphatic carbocycles. The number of hydrogen-bond donors (Lipinski definition) is 0. The van der Waals surface area contributed by atoms with E-state index in [0.717, 1.165) is 24.7 Å². The number of halogens is 1. The van der Waals surface area contributed by atoms with Crippen molar-refractivity contribution in [3.05, 3.63) is 50.6 Å². The molecular weight excluding hydrogens is 394 g/mol.